The van der Waals surface area contributed by atoms with Crippen LogP contribution in [0, 0.1) is 4.91 Å². The van der Waals surface area contributed by atoms with E-state index in [4.69, 9.17) is 0 Å². The summed E-state index contributed by atoms with van der Waals surface area (Å²) in [6.45, 7) is 4.85. The van der Waals surface area contributed by atoms with Crippen molar-refractivity contribution >= 4 is 0 Å². The molecule has 1 fully saturated rings. The van der Waals surface area contributed by atoms with Crippen LogP contribution in [0.5, 0.6) is 0 Å². The number of rotatable bonds is 2. The van der Waals surface area contributed by atoms with E-state index in [9.17, 15) is 4.91 Å². The Morgan fingerprint density at radius 1 is 1.31 bits per heavy atom. The molecule has 0 spiro atoms. The highest BCUT2D eigenvalue weighted by atomic mass is 16.3. The second-order valence-electron chi connectivity index (χ2n) is 4.41. The molecule has 16 heavy (non-hydrogen) atoms. The normalized spacial score (nSPS) is 20.0. The summed E-state index contributed by atoms with van der Waals surface area (Å²) < 4.78 is 0. The van der Waals surface area contributed by atoms with Crippen LogP contribution >= 0.6 is 0 Å². The number of allylic oxidation sites excluding steroid dienone is 1. The van der Waals surface area contributed by atoms with E-state index >= 15 is 0 Å². The fraction of sp³-hybridized carbons (Fsp3) is 0.385. The minimum Gasteiger partial charge on any atom is -0.249 e. The molecule has 0 amide bonds. The molecule has 1 heterocycles. The van der Waals surface area contributed by atoms with E-state index in [0.717, 1.165) is 6.42 Å². The van der Waals surface area contributed by atoms with Crippen molar-refractivity contribution in [2.24, 2.45) is 5.29 Å². The maximum atomic E-state index is 10.8. The van der Waals surface area contributed by atoms with Gasteiger partial charge in [-0.1, -0.05) is 35.9 Å². The molecule has 0 bridgehead atoms. The molecule has 0 aliphatic carbocycles. The van der Waals surface area contributed by atoms with Crippen LogP contribution < -0.4 is 0 Å². The Bertz CT molecular complexity index is 407. The minimum absolute atomic E-state index is 0.114. The van der Waals surface area contributed by atoms with Crippen LogP contribution in [0.25, 0.3) is 0 Å². The largest absolute Gasteiger partial charge is 0.249 e. The van der Waals surface area contributed by atoms with Crippen LogP contribution in [0.4, 0.5) is 0 Å². The van der Waals surface area contributed by atoms with E-state index in [1.54, 1.807) is 5.01 Å². The second-order valence-corrected chi connectivity index (χ2v) is 4.41. The molecule has 84 valence electrons. The van der Waals surface area contributed by atoms with Crippen molar-refractivity contribution in [2.75, 3.05) is 6.54 Å². The SMILES string of the molecule is CC(C)=C1CC(c2ccccc2)N(N=O)C1. The zero-order chi connectivity index (χ0) is 11.5. The molecule has 0 aromatic heterocycles. The first kappa shape index (κ1) is 10.9. The highest BCUT2D eigenvalue weighted by Crippen LogP contribution is 2.36. The zero-order valence-electron chi connectivity index (χ0n) is 9.68. The fourth-order valence-electron chi connectivity index (χ4n) is 2.12. The maximum absolute atomic E-state index is 10.8. The predicted octanol–water partition coefficient (Wildman–Crippen LogP) is 3.45. The number of nitrogens with zero attached hydrogens (tertiary/aromatic N) is 2. The molecule has 0 N–H and O–H groups in total. The minimum atomic E-state index is 0.114. The average molecular weight is 216 g/mol. The lowest BCUT2D eigenvalue weighted by atomic mass is 10.0. The predicted molar refractivity (Wildman–Crippen MR) is 64.7 cm³/mol. The van der Waals surface area contributed by atoms with Crippen LogP contribution in [0.2, 0.25) is 0 Å². The van der Waals surface area contributed by atoms with Crippen molar-refractivity contribution in [1.82, 2.24) is 5.01 Å². The number of nitroso groups, excluding NO2 is 1. The van der Waals surface area contributed by atoms with Crippen molar-refractivity contribution in [3.05, 3.63) is 51.9 Å². The standard InChI is InChI=1S/C13H16N2O/c1-10(2)12-8-13(15(9-12)14-16)11-6-4-3-5-7-11/h3-7,13H,8-9H2,1-2H3. The molecular formula is C13H16N2O. The van der Waals surface area contributed by atoms with E-state index in [2.05, 4.69) is 31.3 Å². The number of benzene rings is 1. The van der Waals surface area contributed by atoms with Gasteiger partial charge in [-0.2, -0.15) is 0 Å². The summed E-state index contributed by atoms with van der Waals surface area (Å²) in [4.78, 5) is 10.8. The second kappa shape index (κ2) is 4.47. The Balaban J connectivity index is 2.29. The van der Waals surface area contributed by atoms with Crippen LogP contribution in [0.3, 0.4) is 0 Å². The monoisotopic (exact) mass is 216 g/mol. The zero-order valence-corrected chi connectivity index (χ0v) is 9.68. The highest BCUT2D eigenvalue weighted by molar-refractivity contribution is 5.27. The average Bonchev–Trinajstić information content (AvgIpc) is 2.74. The van der Waals surface area contributed by atoms with Gasteiger partial charge in [0, 0.05) is 0 Å². The van der Waals surface area contributed by atoms with Crippen molar-refractivity contribution in [2.45, 2.75) is 26.3 Å². The molecule has 1 unspecified atom stereocenters. The van der Waals surface area contributed by atoms with E-state index in [1.807, 2.05) is 18.2 Å². The lowest BCUT2D eigenvalue weighted by molar-refractivity contribution is 0.268. The summed E-state index contributed by atoms with van der Waals surface area (Å²) in [5, 5.41) is 4.76. The number of hydrogen-bond acceptors (Lipinski definition) is 2. The topological polar surface area (TPSA) is 32.7 Å². The Hall–Kier alpha value is -1.64. The first-order chi connectivity index (χ1) is 7.72. The summed E-state index contributed by atoms with van der Waals surface area (Å²) in [7, 11) is 0. The van der Waals surface area contributed by atoms with Gasteiger partial charge in [-0.3, -0.25) is 0 Å². The van der Waals surface area contributed by atoms with Crippen LogP contribution in [0.1, 0.15) is 31.9 Å². The quantitative estimate of drug-likeness (QED) is 0.560. The molecule has 1 aliphatic heterocycles. The Labute approximate surface area is 95.7 Å². The van der Waals surface area contributed by atoms with Crippen LogP contribution in [-0.4, -0.2) is 11.6 Å². The molecule has 1 atom stereocenters. The third kappa shape index (κ3) is 1.98. The molecule has 3 heteroatoms. The lowest BCUT2D eigenvalue weighted by Gasteiger charge is -2.17. The Morgan fingerprint density at radius 3 is 2.56 bits per heavy atom. The Kier molecular flexibility index (Phi) is 3.04. The highest BCUT2D eigenvalue weighted by Gasteiger charge is 2.29. The van der Waals surface area contributed by atoms with Gasteiger partial charge in [-0.25, -0.2) is 5.01 Å². The summed E-state index contributed by atoms with van der Waals surface area (Å²) in [6, 6.07) is 10.2. The van der Waals surface area contributed by atoms with Gasteiger partial charge < -0.3 is 0 Å². The van der Waals surface area contributed by atoms with Gasteiger partial charge >= 0.3 is 0 Å². The molecule has 0 radical (unpaired) electrons. The van der Waals surface area contributed by atoms with E-state index < -0.39 is 0 Å². The summed E-state index contributed by atoms with van der Waals surface area (Å²) >= 11 is 0. The van der Waals surface area contributed by atoms with Gasteiger partial charge in [0.25, 0.3) is 0 Å². The maximum Gasteiger partial charge on any atom is 0.0793 e. The van der Waals surface area contributed by atoms with Gasteiger partial charge in [0.1, 0.15) is 0 Å². The van der Waals surface area contributed by atoms with Crippen molar-refractivity contribution in [1.29, 1.82) is 0 Å². The van der Waals surface area contributed by atoms with Crippen molar-refractivity contribution in [3.8, 4) is 0 Å². The third-order valence-electron chi connectivity index (χ3n) is 3.15. The fourth-order valence-corrected chi connectivity index (χ4v) is 2.12. The first-order valence-electron chi connectivity index (χ1n) is 5.52. The van der Waals surface area contributed by atoms with E-state index in [0.29, 0.717) is 6.54 Å². The van der Waals surface area contributed by atoms with Gasteiger partial charge in [-0.15, -0.1) is 4.91 Å². The van der Waals surface area contributed by atoms with Gasteiger partial charge in [-0.05, 0) is 31.4 Å². The molecule has 3 nitrogen and oxygen atoms in total. The van der Waals surface area contributed by atoms with Crippen LogP contribution in [-0.2, 0) is 0 Å². The summed E-state index contributed by atoms with van der Waals surface area (Å²) in [5.41, 5.74) is 3.79. The van der Waals surface area contributed by atoms with Crippen LogP contribution in [0.15, 0.2) is 46.8 Å². The van der Waals surface area contributed by atoms with E-state index in [1.165, 1.54) is 16.7 Å². The first-order valence-corrected chi connectivity index (χ1v) is 5.52. The van der Waals surface area contributed by atoms with Crippen molar-refractivity contribution < 1.29 is 0 Å². The molecule has 1 saturated heterocycles. The molecular weight excluding hydrogens is 200 g/mol. The summed E-state index contributed by atoms with van der Waals surface area (Å²) in [5.74, 6) is 0. The smallest absolute Gasteiger partial charge is 0.0793 e. The molecule has 1 aromatic carbocycles. The molecule has 1 aromatic rings. The number of hydrogen-bond donors (Lipinski definition) is 0. The van der Waals surface area contributed by atoms with E-state index in [-0.39, 0.29) is 6.04 Å². The van der Waals surface area contributed by atoms with Crippen molar-refractivity contribution in [3.63, 3.8) is 0 Å². The Morgan fingerprint density at radius 2 is 2.00 bits per heavy atom. The molecule has 1 aliphatic rings. The lowest BCUT2D eigenvalue weighted by Crippen LogP contribution is -2.15. The molecule has 2 rings (SSSR count). The third-order valence-corrected chi connectivity index (χ3v) is 3.15. The summed E-state index contributed by atoms with van der Waals surface area (Å²) in [6.07, 6.45) is 0.915. The molecule has 0 saturated carbocycles. The van der Waals surface area contributed by atoms with Gasteiger partial charge in [0.15, 0.2) is 0 Å². The van der Waals surface area contributed by atoms with Gasteiger partial charge in [0.2, 0.25) is 0 Å². The van der Waals surface area contributed by atoms with Gasteiger partial charge in [0.05, 0.1) is 17.9 Å².